The van der Waals surface area contributed by atoms with E-state index >= 15 is 0 Å². The van der Waals surface area contributed by atoms with Gasteiger partial charge in [-0.1, -0.05) is 24.2 Å². The fourth-order valence-corrected chi connectivity index (χ4v) is 2.74. The quantitative estimate of drug-likeness (QED) is 0.683. The molecule has 136 valence electrons. The molecule has 0 atom stereocenters. The van der Waals surface area contributed by atoms with Gasteiger partial charge in [0.15, 0.2) is 0 Å². The number of phenols is 1. The highest BCUT2D eigenvalue weighted by Crippen LogP contribution is 2.40. The first kappa shape index (κ1) is 17.8. The molecule has 0 spiro atoms. The van der Waals surface area contributed by atoms with Crippen LogP contribution in [0, 0.1) is 0 Å². The predicted molar refractivity (Wildman–Crippen MR) is 90.0 cm³/mol. The Morgan fingerprint density at radius 3 is 2.38 bits per heavy atom. The van der Waals surface area contributed by atoms with Crippen molar-refractivity contribution in [2.24, 2.45) is 0 Å². The minimum absolute atomic E-state index is 0.0545. The Labute approximate surface area is 147 Å². The molecule has 0 aliphatic heterocycles. The molecule has 0 amide bonds. The molecule has 4 nitrogen and oxygen atoms in total. The molecule has 0 saturated heterocycles. The number of aromatic nitrogens is 1. The maximum Gasteiger partial charge on any atom is 0.416 e. The van der Waals surface area contributed by atoms with E-state index in [1.54, 1.807) is 6.07 Å². The minimum atomic E-state index is -4.40. The van der Waals surface area contributed by atoms with E-state index in [-0.39, 0.29) is 5.75 Å². The second-order valence-electron chi connectivity index (χ2n) is 5.69. The van der Waals surface area contributed by atoms with Crippen LogP contribution in [0.2, 0.25) is 0 Å². The first-order valence-electron chi connectivity index (χ1n) is 7.87. The first-order valence-corrected chi connectivity index (χ1v) is 7.87. The van der Waals surface area contributed by atoms with Crippen molar-refractivity contribution in [3.63, 3.8) is 0 Å². The van der Waals surface area contributed by atoms with Crippen molar-refractivity contribution < 1.29 is 27.5 Å². The van der Waals surface area contributed by atoms with E-state index in [1.165, 1.54) is 31.6 Å². The highest BCUT2D eigenvalue weighted by atomic mass is 19.4. The standard InChI is InChI=1S/C19H16F3NO3/c1-3-11-8-14(16(24)9-17(11)25-2)18-15(10-26-23-18)12-4-6-13(7-5-12)19(20,21)22/h4-10,24H,3H2,1-2H3. The number of aryl methyl sites for hydroxylation is 1. The lowest BCUT2D eigenvalue weighted by Crippen LogP contribution is -2.04. The van der Waals surface area contributed by atoms with Crippen molar-refractivity contribution in [2.75, 3.05) is 7.11 Å². The number of benzene rings is 2. The van der Waals surface area contributed by atoms with E-state index in [4.69, 9.17) is 9.26 Å². The van der Waals surface area contributed by atoms with E-state index in [1.807, 2.05) is 6.92 Å². The highest BCUT2D eigenvalue weighted by Gasteiger charge is 2.30. The van der Waals surface area contributed by atoms with Gasteiger partial charge in [-0.2, -0.15) is 13.2 Å². The zero-order valence-electron chi connectivity index (χ0n) is 14.1. The van der Waals surface area contributed by atoms with Crippen molar-refractivity contribution >= 4 is 0 Å². The van der Waals surface area contributed by atoms with Crippen LogP contribution < -0.4 is 4.74 Å². The first-order chi connectivity index (χ1) is 12.3. The third-order valence-corrected chi connectivity index (χ3v) is 4.13. The molecule has 1 heterocycles. The molecular formula is C19H16F3NO3. The summed E-state index contributed by atoms with van der Waals surface area (Å²) in [6.07, 6.45) is -2.39. The summed E-state index contributed by atoms with van der Waals surface area (Å²) in [5.74, 6) is 0.495. The molecule has 3 rings (SSSR count). The van der Waals surface area contributed by atoms with Gasteiger partial charge < -0.3 is 14.4 Å². The number of hydrogen-bond donors (Lipinski definition) is 1. The largest absolute Gasteiger partial charge is 0.507 e. The summed E-state index contributed by atoms with van der Waals surface area (Å²) in [5.41, 5.74) is 1.89. The van der Waals surface area contributed by atoms with Gasteiger partial charge in [0.1, 0.15) is 23.5 Å². The van der Waals surface area contributed by atoms with Gasteiger partial charge in [0.25, 0.3) is 0 Å². The monoisotopic (exact) mass is 363 g/mol. The second kappa shape index (κ2) is 6.74. The number of aromatic hydroxyl groups is 1. The van der Waals surface area contributed by atoms with Gasteiger partial charge in [-0.25, -0.2) is 0 Å². The Morgan fingerprint density at radius 1 is 1.12 bits per heavy atom. The van der Waals surface area contributed by atoms with Gasteiger partial charge in [-0.05, 0) is 35.7 Å². The minimum Gasteiger partial charge on any atom is -0.507 e. The number of phenolic OH excluding ortho intramolecular Hbond substituents is 1. The average molecular weight is 363 g/mol. The SMILES string of the molecule is CCc1cc(-c2nocc2-c2ccc(C(F)(F)F)cc2)c(O)cc1OC. The van der Waals surface area contributed by atoms with E-state index < -0.39 is 11.7 Å². The van der Waals surface area contributed by atoms with Gasteiger partial charge in [0.2, 0.25) is 0 Å². The lowest BCUT2D eigenvalue weighted by Gasteiger charge is -2.11. The Kier molecular flexibility index (Phi) is 4.63. The van der Waals surface area contributed by atoms with Crippen molar-refractivity contribution in [1.29, 1.82) is 0 Å². The smallest absolute Gasteiger partial charge is 0.416 e. The molecule has 2 aromatic carbocycles. The topological polar surface area (TPSA) is 55.5 Å². The third kappa shape index (κ3) is 3.24. The number of halogens is 3. The van der Waals surface area contributed by atoms with Crippen LogP contribution in [0.3, 0.4) is 0 Å². The van der Waals surface area contributed by atoms with Crippen LogP contribution in [-0.4, -0.2) is 17.4 Å². The Morgan fingerprint density at radius 2 is 1.81 bits per heavy atom. The molecule has 0 fully saturated rings. The molecule has 26 heavy (non-hydrogen) atoms. The van der Waals surface area contributed by atoms with E-state index in [2.05, 4.69) is 5.16 Å². The summed E-state index contributed by atoms with van der Waals surface area (Å²) >= 11 is 0. The summed E-state index contributed by atoms with van der Waals surface area (Å²) in [5, 5.41) is 14.3. The average Bonchev–Trinajstić information content (AvgIpc) is 3.10. The number of rotatable bonds is 4. The van der Waals surface area contributed by atoms with Crippen molar-refractivity contribution in [1.82, 2.24) is 5.16 Å². The van der Waals surface area contributed by atoms with E-state index in [9.17, 15) is 18.3 Å². The summed E-state index contributed by atoms with van der Waals surface area (Å²) in [6.45, 7) is 1.94. The Balaban J connectivity index is 2.07. The Hall–Kier alpha value is -2.96. The molecule has 7 heteroatoms. The van der Waals surface area contributed by atoms with Gasteiger partial charge >= 0.3 is 6.18 Å². The third-order valence-electron chi connectivity index (χ3n) is 4.13. The molecule has 0 radical (unpaired) electrons. The van der Waals surface area contributed by atoms with Gasteiger partial charge in [0.05, 0.1) is 12.7 Å². The molecule has 0 aliphatic carbocycles. The van der Waals surface area contributed by atoms with Crippen LogP contribution in [-0.2, 0) is 12.6 Å². The van der Waals surface area contributed by atoms with Crippen molar-refractivity contribution in [2.45, 2.75) is 19.5 Å². The maximum absolute atomic E-state index is 12.7. The summed E-state index contributed by atoms with van der Waals surface area (Å²) in [4.78, 5) is 0. The van der Waals surface area contributed by atoms with Crippen LogP contribution in [0.15, 0.2) is 47.2 Å². The van der Waals surface area contributed by atoms with Crippen molar-refractivity contribution in [3.05, 3.63) is 53.8 Å². The number of hydrogen-bond acceptors (Lipinski definition) is 4. The lowest BCUT2D eigenvalue weighted by molar-refractivity contribution is -0.137. The summed E-state index contributed by atoms with van der Waals surface area (Å²) < 4.78 is 48.5. The maximum atomic E-state index is 12.7. The lowest BCUT2D eigenvalue weighted by atomic mass is 9.98. The van der Waals surface area contributed by atoms with Gasteiger partial charge in [-0.15, -0.1) is 0 Å². The van der Waals surface area contributed by atoms with Gasteiger partial charge in [-0.3, -0.25) is 0 Å². The molecule has 1 N–H and O–H groups in total. The number of alkyl halides is 3. The Bertz CT molecular complexity index is 915. The van der Waals surface area contributed by atoms with Crippen LogP contribution in [0.1, 0.15) is 18.1 Å². The van der Waals surface area contributed by atoms with Crippen LogP contribution >= 0.6 is 0 Å². The zero-order chi connectivity index (χ0) is 18.9. The number of methoxy groups -OCH3 is 1. The van der Waals surface area contributed by atoms with Crippen LogP contribution in [0.5, 0.6) is 11.5 Å². The summed E-state index contributed by atoms with van der Waals surface area (Å²) in [7, 11) is 1.51. The molecule has 1 aromatic heterocycles. The summed E-state index contributed by atoms with van der Waals surface area (Å²) in [6, 6.07) is 7.91. The van der Waals surface area contributed by atoms with E-state index in [0.29, 0.717) is 34.6 Å². The molecule has 0 saturated carbocycles. The van der Waals surface area contributed by atoms with Crippen LogP contribution in [0.25, 0.3) is 22.4 Å². The van der Waals surface area contributed by atoms with Gasteiger partial charge in [0, 0.05) is 17.2 Å². The zero-order valence-corrected chi connectivity index (χ0v) is 14.1. The molecular weight excluding hydrogens is 347 g/mol. The fraction of sp³-hybridized carbons (Fsp3) is 0.211. The highest BCUT2D eigenvalue weighted by molar-refractivity contribution is 5.83. The predicted octanol–water partition coefficient (Wildman–Crippen LogP) is 5.30. The fourth-order valence-electron chi connectivity index (χ4n) is 2.74. The number of nitrogens with zero attached hydrogens (tertiary/aromatic N) is 1. The van der Waals surface area contributed by atoms with Crippen LogP contribution in [0.4, 0.5) is 13.2 Å². The molecule has 3 aromatic rings. The molecule has 0 unspecified atom stereocenters. The molecule has 0 bridgehead atoms. The molecule has 0 aliphatic rings. The second-order valence-corrected chi connectivity index (χ2v) is 5.69. The normalized spacial score (nSPS) is 11.6. The number of ether oxygens (including phenoxy) is 1. The van der Waals surface area contributed by atoms with E-state index in [0.717, 1.165) is 17.7 Å². The van der Waals surface area contributed by atoms with Crippen molar-refractivity contribution in [3.8, 4) is 33.9 Å².